The number of aromatic hydroxyl groups is 3. The molecule has 7 aliphatic heterocycles. The first-order valence-electron chi connectivity index (χ1n) is 34.8. The van der Waals surface area contributed by atoms with Crippen LogP contribution in [0.3, 0.4) is 0 Å². The third-order valence-electron chi connectivity index (χ3n) is 19.4. The number of carbonyl (C=O) groups is 8. The fourth-order valence-corrected chi connectivity index (χ4v) is 13.8. The standard InChI is InChI=1S/C75H84ClN9O25/c1-30(2)19-43(79-5)67(96)84-58-61(92)36-13-18-48(42(76)22-36)107-50-24-37-23-49(64(50)110-74-65(63(94)62(93)51(29-86)108-74)109-53-28-75(4,78)66(95)31(3)105-53)106-47-17-12-35(20-33(47)10-7-32-8-14-39(104-6)15-9-32)60(91)59-72(101)83-57(73(102)103)41-25-38(87)26-46(89)54(41)40-21-34(11-16-45(40)88)55(69(98)85-59)82-70(99)56(37)81-68(97)44(27-52(77)90)80-71(58)100/h7-18,20-26,30-31,43-44,51,53,55-63,65-66,74,79,86-89,91-95H,19,27-29,78H2,1-6H3,(H2,77,90)(H,80,100)(H,81,97)(H,82,99)(H,83,101)(H,84,96)(H,85,98)(H,102,103)/b10-7+/t31-,43+,44-,51+,53-,55+,56+,57-,58+,59-,60+,61+,62+,63-,65+,66+,74-,75-/m0/s1. The molecule has 2 fully saturated rings. The number of nitrogens with one attached hydrogen (secondary N) is 7. The minimum atomic E-state index is -2.36. The first-order valence-corrected chi connectivity index (χ1v) is 35.2. The smallest absolute Gasteiger partial charge is 0.330 e. The molecule has 0 saturated carbocycles. The Bertz CT molecular complexity index is 4570. The number of aliphatic hydroxyl groups is 6. The molecule has 0 aromatic heterocycles. The maximum absolute atomic E-state index is 16.3. The number of nitrogens with two attached hydrogens (primary N) is 2. The van der Waals surface area contributed by atoms with Crippen LogP contribution in [0, 0.1) is 5.92 Å². The van der Waals surface area contributed by atoms with Crippen molar-refractivity contribution in [1.82, 2.24) is 37.2 Å². The average molecular weight is 1550 g/mol. The van der Waals surface area contributed by atoms with Crippen LogP contribution in [0.4, 0.5) is 0 Å². The number of phenolic OH excluding ortho intramolecular Hbond substituents is 3. The number of hydrogen-bond acceptors (Lipinski definition) is 26. The van der Waals surface area contributed by atoms with Crippen LogP contribution in [0.25, 0.3) is 23.3 Å². The number of aliphatic hydroxyl groups excluding tert-OH is 6. The average Bonchev–Trinajstić information content (AvgIpc) is 0.759. The lowest BCUT2D eigenvalue weighted by Gasteiger charge is -2.47. The lowest BCUT2D eigenvalue weighted by molar-refractivity contribution is -0.333. The van der Waals surface area contributed by atoms with Gasteiger partial charge in [0.05, 0.1) is 43.4 Å². The highest BCUT2D eigenvalue weighted by molar-refractivity contribution is 6.32. The Balaban J connectivity index is 1.21. The van der Waals surface area contributed by atoms with Gasteiger partial charge in [-0.1, -0.05) is 67.9 Å². The number of aliphatic carboxylic acids is 1. The van der Waals surface area contributed by atoms with E-state index in [-0.39, 0.29) is 57.5 Å². The third kappa shape index (κ3) is 17.3. The van der Waals surface area contributed by atoms with Crippen molar-refractivity contribution in [3.63, 3.8) is 0 Å². The first kappa shape index (κ1) is 80.3. The van der Waals surface area contributed by atoms with Gasteiger partial charge in [-0.25, -0.2) is 4.79 Å². The third-order valence-corrected chi connectivity index (χ3v) is 19.7. The zero-order chi connectivity index (χ0) is 79.6. The topological polar surface area (TPSA) is 540 Å². The highest BCUT2D eigenvalue weighted by atomic mass is 35.5. The molecule has 0 spiro atoms. The SMILES string of the molecule is CN[C@H](CC(C)C)C(=O)N[C@H]1C(=O)N[C@@H](CC(N)=O)C(=O)N[C@H]2C(=O)N[C@H]3C(=O)N[C@H](C(=O)N[C@H](C(=O)O)c4cc(O)cc(O)c4-c4cc3ccc4O)[C@H](O)c3ccc(c(/C=C/c4ccc(OC)cc4)c3)Oc3cc2cc(c3O[C@@H]2O[C@H](CO)[C@@H](O)[C@H](O)[C@H]2O[C@H]2C[C@](C)(N)[C@H](O)[C@H](C)O2)Oc2ccc(cc2Cl)[C@H]1O. The second kappa shape index (κ2) is 33.2. The predicted octanol–water partition coefficient (Wildman–Crippen LogP) is 1.63. The Morgan fingerprint density at radius 3 is 2.00 bits per heavy atom. The predicted molar refractivity (Wildman–Crippen MR) is 386 cm³/mol. The molecule has 6 aromatic rings. The molecule has 0 radical (unpaired) electrons. The van der Waals surface area contributed by atoms with E-state index >= 15 is 19.2 Å². The number of carboxylic acid groups (broad SMARTS) is 1. The molecule has 7 heterocycles. The fraction of sp³-hybridized carbons (Fsp3) is 0.387. The second-order valence-corrected chi connectivity index (χ2v) is 28.3. The van der Waals surface area contributed by atoms with Crippen LogP contribution in [0.5, 0.6) is 51.7 Å². The van der Waals surface area contributed by atoms with Gasteiger partial charge in [0.2, 0.25) is 53.4 Å². The number of amides is 7. The van der Waals surface area contributed by atoms with E-state index in [1.807, 2.05) is 13.8 Å². The molecular weight excluding hydrogens is 1460 g/mol. The van der Waals surface area contributed by atoms with Crippen molar-refractivity contribution in [2.75, 3.05) is 20.8 Å². The van der Waals surface area contributed by atoms with Crippen molar-refractivity contribution < 1.29 is 123 Å². The number of methoxy groups -OCH3 is 1. The molecule has 34 nitrogen and oxygen atoms in total. The summed E-state index contributed by atoms with van der Waals surface area (Å²) >= 11 is 7.17. The van der Waals surface area contributed by atoms with Crippen molar-refractivity contribution in [3.05, 3.63) is 147 Å². The number of halogens is 1. The Labute approximate surface area is 632 Å². The molecule has 35 heteroatoms. The zero-order valence-electron chi connectivity index (χ0n) is 59.8. The van der Waals surface area contributed by atoms with E-state index in [0.717, 1.165) is 48.5 Å². The number of primary amides is 1. The number of carboxylic acids is 1. The van der Waals surface area contributed by atoms with Gasteiger partial charge in [0.15, 0.2) is 29.9 Å². The van der Waals surface area contributed by atoms with Gasteiger partial charge in [-0.15, -0.1) is 0 Å². The van der Waals surface area contributed by atoms with Gasteiger partial charge in [-0.3, -0.25) is 33.6 Å². The molecule has 7 amide bonds. The Morgan fingerprint density at radius 2 is 1.36 bits per heavy atom. The molecule has 6 aromatic carbocycles. The van der Waals surface area contributed by atoms with Gasteiger partial charge in [0.25, 0.3) is 0 Å². The van der Waals surface area contributed by atoms with Crippen molar-refractivity contribution in [2.24, 2.45) is 17.4 Å². The summed E-state index contributed by atoms with van der Waals surface area (Å²) in [4.78, 5) is 119. The van der Waals surface area contributed by atoms with Crippen LogP contribution in [-0.4, -0.2) is 198 Å². The van der Waals surface area contributed by atoms with E-state index in [2.05, 4.69) is 37.2 Å². The summed E-state index contributed by atoms with van der Waals surface area (Å²) in [5, 5.41) is 133. The van der Waals surface area contributed by atoms with Gasteiger partial charge in [0, 0.05) is 40.3 Å². The van der Waals surface area contributed by atoms with E-state index in [1.165, 1.54) is 64.4 Å². The molecule has 11 bridgehead atoms. The Morgan fingerprint density at radius 1 is 0.718 bits per heavy atom. The number of benzene rings is 6. The number of fused-ring (bicyclic) bond motifs is 15. The van der Waals surface area contributed by atoms with Crippen molar-refractivity contribution in [3.8, 4) is 62.9 Å². The molecule has 0 aliphatic carbocycles. The van der Waals surface area contributed by atoms with E-state index < -0.39 is 226 Å². The van der Waals surface area contributed by atoms with Crippen molar-refractivity contribution in [2.45, 2.75) is 156 Å². The zero-order valence-corrected chi connectivity index (χ0v) is 60.6. The maximum Gasteiger partial charge on any atom is 0.330 e. The monoisotopic (exact) mass is 1550 g/mol. The van der Waals surface area contributed by atoms with Crippen molar-refractivity contribution in [1.29, 1.82) is 0 Å². The number of phenols is 3. The van der Waals surface area contributed by atoms with Crippen LogP contribution in [0.1, 0.15) is 116 Å². The lowest BCUT2D eigenvalue weighted by Crippen LogP contribution is -2.64. The summed E-state index contributed by atoms with van der Waals surface area (Å²) in [5.41, 5.74) is 8.70. The summed E-state index contributed by atoms with van der Waals surface area (Å²) < 4.78 is 44.6. The molecule has 18 atom stereocenters. The highest BCUT2D eigenvalue weighted by Gasteiger charge is 2.52. The van der Waals surface area contributed by atoms with Gasteiger partial charge in [-0.05, 0) is 128 Å². The van der Waals surface area contributed by atoms with Crippen LogP contribution < -0.4 is 67.6 Å². The summed E-state index contributed by atoms with van der Waals surface area (Å²) in [6, 6.07) is 6.48. The molecule has 0 unspecified atom stereocenters. The largest absolute Gasteiger partial charge is 0.508 e. The van der Waals surface area contributed by atoms with Crippen LogP contribution in [-0.2, 0) is 52.6 Å². The Hall–Kier alpha value is -10.7. The van der Waals surface area contributed by atoms with E-state index in [9.17, 15) is 70.2 Å². The normalized spacial score (nSPS) is 28.0. The van der Waals surface area contributed by atoms with E-state index in [1.54, 1.807) is 30.3 Å². The highest BCUT2D eigenvalue weighted by Crippen LogP contribution is 2.50. The number of hydrogen-bond donors (Lipinski definition) is 19. The second-order valence-electron chi connectivity index (χ2n) is 27.9. The van der Waals surface area contributed by atoms with Crippen LogP contribution in [0.15, 0.2) is 103 Å². The summed E-state index contributed by atoms with van der Waals surface area (Å²) in [5.74, 6) is -15.3. The summed E-state index contributed by atoms with van der Waals surface area (Å²) in [6.07, 6.45) is -15.7. The van der Waals surface area contributed by atoms with Gasteiger partial charge < -0.3 is 133 Å². The number of carbonyl (C=O) groups excluding carboxylic acids is 7. The Kier molecular flexibility index (Phi) is 24.3. The van der Waals surface area contributed by atoms with Crippen LogP contribution >= 0.6 is 11.6 Å². The van der Waals surface area contributed by atoms with Gasteiger partial charge >= 0.3 is 5.97 Å². The molecule has 21 N–H and O–H groups in total. The first-order chi connectivity index (χ1) is 52.1. The number of likely N-dealkylation sites (N-methyl/N-ethyl adjacent to an activating group) is 1. The van der Waals surface area contributed by atoms with E-state index in [0.29, 0.717) is 11.3 Å². The maximum atomic E-state index is 16.3. The fourth-order valence-electron chi connectivity index (χ4n) is 13.6. The molecular formula is C75H84ClN9O25. The minimum Gasteiger partial charge on any atom is -0.508 e. The van der Waals surface area contributed by atoms with Crippen molar-refractivity contribution >= 4 is 71.1 Å². The van der Waals surface area contributed by atoms with Crippen LogP contribution in [0.2, 0.25) is 5.02 Å². The summed E-state index contributed by atoms with van der Waals surface area (Å²) in [6.45, 7) is 5.68. The minimum absolute atomic E-state index is 0.0271. The molecule has 586 valence electrons. The molecule has 7 aliphatic rings. The summed E-state index contributed by atoms with van der Waals surface area (Å²) in [7, 11) is 2.93. The quantitative estimate of drug-likeness (QED) is 0.0612. The van der Waals surface area contributed by atoms with Gasteiger partial charge in [0.1, 0.15) is 95.2 Å². The van der Waals surface area contributed by atoms with E-state index in [4.69, 9.17) is 56.2 Å². The van der Waals surface area contributed by atoms with Gasteiger partial charge in [-0.2, -0.15) is 0 Å². The molecule has 2 saturated heterocycles. The number of ether oxygens (including phenoxy) is 7. The number of rotatable bonds is 16. The lowest BCUT2D eigenvalue weighted by atomic mass is 9.86. The molecule has 13 rings (SSSR count). The molecule has 110 heavy (non-hydrogen) atoms.